The Morgan fingerprint density at radius 2 is 1.96 bits per heavy atom. The zero-order valence-electron chi connectivity index (χ0n) is 24.2. The van der Waals surface area contributed by atoms with Crippen molar-refractivity contribution in [3.05, 3.63) is 35.3 Å². The number of ether oxygens (including phenoxy) is 2. The lowest BCUT2D eigenvalue weighted by Crippen LogP contribution is -2.71. The predicted molar refractivity (Wildman–Crippen MR) is 162 cm³/mol. The number of nitriles is 1. The second kappa shape index (κ2) is 9.86. The van der Waals surface area contributed by atoms with Crippen LogP contribution >= 0.6 is 11.3 Å². The molecule has 0 amide bonds. The Balaban J connectivity index is 1.13. The second-order valence-electron chi connectivity index (χ2n) is 13.1. The van der Waals surface area contributed by atoms with E-state index in [4.69, 9.17) is 20.2 Å². The van der Waals surface area contributed by atoms with E-state index >= 15 is 4.39 Å². The molecule has 3 N–H and O–H groups in total. The summed E-state index contributed by atoms with van der Waals surface area (Å²) in [5.41, 5.74) is 5.56. The molecule has 45 heavy (non-hydrogen) atoms. The van der Waals surface area contributed by atoms with Crippen molar-refractivity contribution in [3.63, 3.8) is 0 Å². The Kier molecular flexibility index (Phi) is 6.03. The largest absolute Gasteiger partial charge is 0.463 e. The number of nitrogens with two attached hydrogens (primary N) is 1. The number of likely N-dealkylation sites (tertiary alicyclic amines) is 1. The normalized spacial score (nSPS) is 26.4. The lowest BCUT2D eigenvalue weighted by molar-refractivity contribution is -0.218. The first-order valence-electron chi connectivity index (χ1n) is 15.3. The summed E-state index contributed by atoms with van der Waals surface area (Å²) in [4.78, 5) is 18.3. The summed E-state index contributed by atoms with van der Waals surface area (Å²) in [5, 5.41) is 13.8. The van der Waals surface area contributed by atoms with Gasteiger partial charge in [0.25, 0.3) is 0 Å². The summed E-state index contributed by atoms with van der Waals surface area (Å²) >= 11 is 0.742. The number of hydrogen-bond acceptors (Lipinski definition) is 11. The molecule has 3 aromatic heterocycles. The van der Waals surface area contributed by atoms with E-state index in [2.05, 4.69) is 25.1 Å². The highest BCUT2D eigenvalue weighted by molar-refractivity contribution is 7.23. The van der Waals surface area contributed by atoms with Crippen LogP contribution in [0.3, 0.4) is 0 Å². The molecule has 5 aliphatic rings. The number of nitrogens with one attached hydrogen (secondary N) is 1. The molecule has 4 atom stereocenters. The minimum Gasteiger partial charge on any atom is -0.463 e. The Bertz CT molecular complexity index is 1930. The maximum Gasteiger partial charge on any atom is 0.319 e. The number of nitrogen functional groups attached to an aromatic ring is 1. The number of piperazine rings is 1. The van der Waals surface area contributed by atoms with E-state index in [9.17, 15) is 14.0 Å². The smallest absolute Gasteiger partial charge is 0.319 e. The molecule has 7 heterocycles. The van der Waals surface area contributed by atoms with Crippen molar-refractivity contribution in [1.82, 2.24) is 25.2 Å². The maximum absolute atomic E-state index is 16.7. The standard InChI is InChI=1S/C31H29F3N8O2S/c32-19-5-16(22-17(6-35)28(36)45-27(22)23(19)33)25-24(34)26-18(7-37-25)29(41-8-14-1-2-15(9-41)38-14)40-30(39-26)44-13-31(3-4-31)12-42-10-21-20(42)11-43-21/h5,7,14-15,20-21,38H,1-4,8-13,36H2/t14?,15?,20-,21?/m1/s1. The van der Waals surface area contributed by atoms with Gasteiger partial charge in [0, 0.05) is 60.8 Å². The van der Waals surface area contributed by atoms with Gasteiger partial charge in [0.2, 0.25) is 0 Å². The highest BCUT2D eigenvalue weighted by Gasteiger charge is 2.53. The first kappa shape index (κ1) is 27.5. The van der Waals surface area contributed by atoms with Crippen LogP contribution < -0.4 is 20.7 Å². The molecule has 4 aliphatic heterocycles. The van der Waals surface area contributed by atoms with E-state index in [1.54, 1.807) is 0 Å². The van der Waals surface area contributed by atoms with E-state index in [0.29, 0.717) is 55.1 Å². The third kappa shape index (κ3) is 4.28. The minimum atomic E-state index is -1.19. The molecular formula is C31H29F3N8O2S. The number of rotatable bonds is 7. The van der Waals surface area contributed by atoms with Gasteiger partial charge in [0.05, 0.1) is 41.0 Å². The van der Waals surface area contributed by atoms with Crippen LogP contribution in [0.1, 0.15) is 31.2 Å². The molecule has 232 valence electrons. The van der Waals surface area contributed by atoms with Crippen LogP contribution in [0.2, 0.25) is 0 Å². The number of halogens is 3. The molecule has 5 fully saturated rings. The summed E-state index contributed by atoms with van der Waals surface area (Å²) in [6.07, 6.45) is 5.99. The van der Waals surface area contributed by atoms with Crippen molar-refractivity contribution in [2.45, 2.75) is 49.9 Å². The Morgan fingerprint density at radius 1 is 1.16 bits per heavy atom. The van der Waals surface area contributed by atoms with Crippen LogP contribution in [-0.4, -0.2) is 83.5 Å². The number of aromatic nitrogens is 3. The zero-order chi connectivity index (χ0) is 30.6. The number of benzene rings is 1. The van der Waals surface area contributed by atoms with E-state index < -0.39 is 17.5 Å². The first-order valence-corrected chi connectivity index (χ1v) is 16.1. The third-order valence-electron chi connectivity index (χ3n) is 10.2. The SMILES string of the molecule is N#Cc1c(N)sc2c(F)c(F)cc(-c3ncc4c(N5CC6CCC(C5)N6)nc(OCC5(CN6CC7OC[C@H]76)CC5)nc4c3F)c12. The lowest BCUT2D eigenvalue weighted by Gasteiger charge is -2.55. The Morgan fingerprint density at radius 3 is 2.62 bits per heavy atom. The van der Waals surface area contributed by atoms with Gasteiger partial charge in [-0.1, -0.05) is 0 Å². The quantitative estimate of drug-likeness (QED) is 0.309. The van der Waals surface area contributed by atoms with E-state index in [1.165, 1.54) is 6.20 Å². The van der Waals surface area contributed by atoms with Crippen LogP contribution in [0.25, 0.3) is 32.2 Å². The fourth-order valence-corrected chi connectivity index (χ4v) is 8.40. The lowest BCUT2D eigenvalue weighted by atomic mass is 9.92. The highest BCUT2D eigenvalue weighted by atomic mass is 32.1. The summed E-state index contributed by atoms with van der Waals surface area (Å²) in [5.74, 6) is -2.64. The van der Waals surface area contributed by atoms with Crippen LogP contribution in [-0.2, 0) is 4.74 Å². The summed E-state index contributed by atoms with van der Waals surface area (Å²) < 4.78 is 57.9. The average Bonchev–Trinajstić information content (AvgIpc) is 3.59. The number of fused-ring (bicyclic) bond motifs is 5. The van der Waals surface area contributed by atoms with Gasteiger partial charge in [-0.2, -0.15) is 15.2 Å². The fourth-order valence-electron chi connectivity index (χ4n) is 7.43. The minimum absolute atomic E-state index is 0.00103. The van der Waals surface area contributed by atoms with Crippen LogP contribution in [0.5, 0.6) is 6.01 Å². The summed E-state index contributed by atoms with van der Waals surface area (Å²) in [6.45, 7) is 4.42. The van der Waals surface area contributed by atoms with Crippen molar-refractivity contribution in [2.75, 3.05) is 50.0 Å². The molecule has 0 spiro atoms. The number of morpholine rings is 1. The van der Waals surface area contributed by atoms with Gasteiger partial charge >= 0.3 is 6.01 Å². The molecule has 10 nitrogen and oxygen atoms in total. The summed E-state index contributed by atoms with van der Waals surface area (Å²) in [6, 6.07) is 3.96. The number of nitrogens with zero attached hydrogens (tertiary/aromatic N) is 6. The van der Waals surface area contributed by atoms with Crippen molar-refractivity contribution >= 4 is 43.1 Å². The molecule has 1 aromatic carbocycles. The number of thiophene rings is 1. The predicted octanol–water partition coefficient (Wildman–Crippen LogP) is 3.96. The van der Waals surface area contributed by atoms with Gasteiger partial charge in [-0.15, -0.1) is 11.3 Å². The molecular weight excluding hydrogens is 605 g/mol. The molecule has 1 saturated carbocycles. The average molecular weight is 635 g/mol. The molecule has 4 saturated heterocycles. The first-order chi connectivity index (χ1) is 21.8. The van der Waals surface area contributed by atoms with Gasteiger partial charge in [-0.3, -0.25) is 9.88 Å². The van der Waals surface area contributed by atoms with Crippen molar-refractivity contribution < 1.29 is 22.6 Å². The monoisotopic (exact) mass is 634 g/mol. The van der Waals surface area contributed by atoms with Crippen LogP contribution in [0.15, 0.2) is 12.3 Å². The van der Waals surface area contributed by atoms with Gasteiger partial charge in [0.15, 0.2) is 17.5 Å². The highest BCUT2D eigenvalue weighted by Crippen LogP contribution is 2.49. The topological polar surface area (TPSA) is 125 Å². The van der Waals surface area contributed by atoms with Gasteiger partial charge in [0.1, 0.15) is 28.1 Å². The molecule has 9 rings (SSSR count). The fraction of sp³-hybridized carbons (Fsp3) is 0.484. The number of pyridine rings is 1. The maximum atomic E-state index is 16.7. The molecule has 14 heteroatoms. The van der Waals surface area contributed by atoms with E-state index in [1.807, 2.05) is 6.07 Å². The number of hydrogen-bond donors (Lipinski definition) is 2. The zero-order valence-corrected chi connectivity index (χ0v) is 25.0. The van der Waals surface area contributed by atoms with E-state index in [-0.39, 0.29) is 48.9 Å². The molecule has 1 aliphatic carbocycles. The second-order valence-corrected chi connectivity index (χ2v) is 14.1. The molecule has 2 bridgehead atoms. The van der Waals surface area contributed by atoms with Gasteiger partial charge in [-0.05, 0) is 31.7 Å². The third-order valence-corrected chi connectivity index (χ3v) is 11.2. The van der Waals surface area contributed by atoms with Crippen molar-refractivity contribution in [2.24, 2.45) is 5.41 Å². The summed E-state index contributed by atoms with van der Waals surface area (Å²) in [7, 11) is 0. The van der Waals surface area contributed by atoms with Gasteiger partial charge < -0.3 is 25.4 Å². The Hall–Kier alpha value is -3.77. The molecule has 3 unspecified atom stereocenters. The molecule has 4 aromatic rings. The van der Waals surface area contributed by atoms with Crippen molar-refractivity contribution in [1.29, 1.82) is 5.26 Å². The molecule has 0 radical (unpaired) electrons. The van der Waals surface area contributed by atoms with Crippen LogP contribution in [0.4, 0.5) is 24.0 Å². The van der Waals surface area contributed by atoms with Gasteiger partial charge in [-0.25, -0.2) is 13.2 Å². The number of anilines is 2. The van der Waals surface area contributed by atoms with E-state index in [0.717, 1.165) is 62.8 Å². The van der Waals surface area contributed by atoms with Crippen LogP contribution in [0, 0.1) is 34.2 Å². The van der Waals surface area contributed by atoms with Crippen molar-refractivity contribution in [3.8, 4) is 23.3 Å². The Labute approximate surface area is 259 Å².